The summed E-state index contributed by atoms with van der Waals surface area (Å²) in [5, 5.41) is 0. The Morgan fingerprint density at radius 1 is 1.12 bits per heavy atom. The average molecular weight is 280 g/mol. The number of hydrogen-bond acceptors (Lipinski definition) is 2. The maximum atomic E-state index is 13.0. The predicted molar refractivity (Wildman–Crippen MR) is 44.9 cm³/mol. The second kappa shape index (κ2) is 5.03. The molecule has 0 heterocycles. The van der Waals surface area contributed by atoms with Crippen molar-refractivity contribution in [2.24, 2.45) is 0 Å². The number of thioether (sulfide) groups is 1. The summed E-state index contributed by atoms with van der Waals surface area (Å²) in [6, 6.07) is 0.895. The molecule has 0 aliphatic heterocycles. The molecule has 0 aromatic heterocycles. The van der Waals surface area contributed by atoms with Crippen LogP contribution in [0.1, 0.15) is 0 Å². The fraction of sp³-hybridized carbons (Fsp3) is 0.250. The monoisotopic (exact) mass is 280 g/mol. The lowest BCUT2D eigenvalue weighted by Crippen LogP contribution is -2.07. The van der Waals surface area contributed by atoms with Gasteiger partial charge in [0.2, 0.25) is 0 Å². The lowest BCUT2D eigenvalue weighted by atomic mass is 10.3. The molecule has 0 atom stereocenters. The van der Waals surface area contributed by atoms with Crippen LogP contribution in [0.25, 0.3) is 0 Å². The van der Waals surface area contributed by atoms with Gasteiger partial charge in [-0.25, -0.2) is 8.78 Å². The van der Waals surface area contributed by atoms with Gasteiger partial charge in [-0.3, -0.25) is 0 Å². The molecular weight excluding hydrogens is 277 g/mol. The molecule has 0 saturated heterocycles. The zero-order valence-corrected chi connectivity index (χ0v) is 8.51. The first kappa shape index (κ1) is 13.9. The molecule has 9 heteroatoms. The van der Waals surface area contributed by atoms with Gasteiger partial charge >= 0.3 is 12.1 Å². The van der Waals surface area contributed by atoms with Gasteiger partial charge in [0.25, 0.3) is 0 Å². The van der Waals surface area contributed by atoms with Crippen molar-refractivity contribution in [3.05, 3.63) is 23.8 Å². The summed E-state index contributed by atoms with van der Waals surface area (Å²) in [5.74, 6) is -4.54. The summed E-state index contributed by atoms with van der Waals surface area (Å²) in [5.41, 5.74) is -4.95. The smallest absolute Gasteiger partial charge is 0.434 e. The van der Waals surface area contributed by atoms with E-state index in [1.165, 1.54) is 0 Å². The van der Waals surface area contributed by atoms with Gasteiger partial charge < -0.3 is 4.74 Å². The molecule has 0 unspecified atom stereocenters. The quantitative estimate of drug-likeness (QED) is 0.607. The highest BCUT2D eigenvalue weighted by atomic mass is 32.2. The molecule has 96 valence electrons. The fourth-order valence-corrected chi connectivity index (χ4v) is 1.55. The number of alkyl halides is 5. The minimum Gasteiger partial charge on any atom is -0.434 e. The Bertz CT molecular complexity index is 404. The van der Waals surface area contributed by atoms with Gasteiger partial charge in [0.15, 0.2) is 11.6 Å². The fourth-order valence-electron chi connectivity index (χ4n) is 0.914. The Hall–Kier alpha value is -1.12. The van der Waals surface area contributed by atoms with Gasteiger partial charge in [0.1, 0.15) is 5.75 Å². The Balaban J connectivity index is 3.17. The van der Waals surface area contributed by atoms with Gasteiger partial charge in [-0.1, -0.05) is 0 Å². The molecule has 1 rings (SSSR count). The Morgan fingerprint density at radius 2 is 1.71 bits per heavy atom. The Kier molecular flexibility index (Phi) is 4.12. The van der Waals surface area contributed by atoms with Crippen molar-refractivity contribution in [2.75, 3.05) is 0 Å². The van der Waals surface area contributed by atoms with Crippen LogP contribution in [-0.4, -0.2) is 12.1 Å². The van der Waals surface area contributed by atoms with Crippen LogP contribution < -0.4 is 4.74 Å². The largest absolute Gasteiger partial charge is 0.446 e. The molecule has 17 heavy (non-hydrogen) atoms. The van der Waals surface area contributed by atoms with Crippen molar-refractivity contribution in [3.63, 3.8) is 0 Å². The standard InChI is InChI=1S/C8H3F7OS/c9-3-1-2-4(16-7(11)12)6(5(3)10)17-8(13,14)15/h1-2,7H. The SMILES string of the molecule is Fc1ccc(OC(F)F)c(SC(F)(F)F)c1F. The van der Waals surface area contributed by atoms with Crippen molar-refractivity contribution in [1.29, 1.82) is 0 Å². The normalized spacial score (nSPS) is 12.0. The number of halogens is 7. The molecule has 0 aliphatic carbocycles. The Morgan fingerprint density at radius 3 is 2.18 bits per heavy atom. The molecule has 0 radical (unpaired) electrons. The van der Waals surface area contributed by atoms with Crippen LogP contribution in [0.4, 0.5) is 30.7 Å². The highest BCUT2D eigenvalue weighted by Gasteiger charge is 2.34. The summed E-state index contributed by atoms with van der Waals surface area (Å²) in [7, 11) is 0. The maximum absolute atomic E-state index is 13.0. The first-order valence-electron chi connectivity index (χ1n) is 3.89. The second-order valence-electron chi connectivity index (χ2n) is 2.61. The lowest BCUT2D eigenvalue weighted by Gasteiger charge is -2.12. The van der Waals surface area contributed by atoms with Crippen molar-refractivity contribution >= 4 is 11.8 Å². The van der Waals surface area contributed by atoms with Gasteiger partial charge in [-0.2, -0.15) is 22.0 Å². The summed E-state index contributed by atoms with van der Waals surface area (Å²) >= 11 is -1.06. The van der Waals surface area contributed by atoms with Gasteiger partial charge in [-0.15, -0.1) is 0 Å². The van der Waals surface area contributed by atoms with E-state index in [0.29, 0.717) is 12.1 Å². The van der Waals surface area contributed by atoms with Crippen molar-refractivity contribution in [2.45, 2.75) is 17.0 Å². The van der Waals surface area contributed by atoms with E-state index >= 15 is 0 Å². The molecule has 0 fully saturated rings. The molecule has 0 bridgehead atoms. The molecule has 0 saturated carbocycles. The molecule has 1 nitrogen and oxygen atoms in total. The van der Waals surface area contributed by atoms with Crippen LogP contribution >= 0.6 is 11.8 Å². The van der Waals surface area contributed by atoms with E-state index in [9.17, 15) is 30.7 Å². The van der Waals surface area contributed by atoms with Crippen LogP contribution in [0.3, 0.4) is 0 Å². The van der Waals surface area contributed by atoms with E-state index in [1.54, 1.807) is 0 Å². The number of benzene rings is 1. The average Bonchev–Trinajstić information content (AvgIpc) is 2.15. The number of hydrogen-bond donors (Lipinski definition) is 0. The molecular formula is C8H3F7OS. The van der Waals surface area contributed by atoms with E-state index in [0.717, 1.165) is 0 Å². The zero-order valence-electron chi connectivity index (χ0n) is 7.69. The van der Waals surface area contributed by atoms with E-state index in [1.807, 2.05) is 0 Å². The maximum Gasteiger partial charge on any atom is 0.446 e. The third-order valence-electron chi connectivity index (χ3n) is 1.45. The predicted octanol–water partition coefficient (Wildman–Crippen LogP) is 4.18. The third-order valence-corrected chi connectivity index (χ3v) is 2.26. The summed E-state index contributed by atoms with van der Waals surface area (Å²) in [6.07, 6.45) is 0. The number of rotatable bonds is 3. The van der Waals surface area contributed by atoms with Crippen LogP contribution in [-0.2, 0) is 0 Å². The van der Waals surface area contributed by atoms with Crippen LogP contribution in [0.5, 0.6) is 5.75 Å². The van der Waals surface area contributed by atoms with Crippen LogP contribution in [0.2, 0.25) is 0 Å². The molecule has 1 aromatic carbocycles. The Labute approximate surface area is 94.6 Å². The van der Waals surface area contributed by atoms with E-state index in [-0.39, 0.29) is 0 Å². The first-order chi connectivity index (χ1) is 7.70. The van der Waals surface area contributed by atoms with Crippen molar-refractivity contribution < 1.29 is 35.5 Å². The molecule has 0 aliphatic rings. The summed E-state index contributed by atoms with van der Waals surface area (Å²) < 4.78 is 89.0. The van der Waals surface area contributed by atoms with E-state index < -0.39 is 46.2 Å². The summed E-state index contributed by atoms with van der Waals surface area (Å²) in [6.45, 7) is -3.44. The minimum absolute atomic E-state index is 0.396. The molecule has 0 amide bonds. The van der Waals surface area contributed by atoms with Crippen molar-refractivity contribution in [3.8, 4) is 5.75 Å². The summed E-state index contributed by atoms with van der Waals surface area (Å²) in [4.78, 5) is -1.36. The molecule has 0 N–H and O–H groups in total. The molecule has 0 spiro atoms. The van der Waals surface area contributed by atoms with Gasteiger partial charge in [0.05, 0.1) is 4.90 Å². The van der Waals surface area contributed by atoms with E-state index in [4.69, 9.17) is 0 Å². The number of ether oxygens (including phenoxy) is 1. The van der Waals surface area contributed by atoms with E-state index in [2.05, 4.69) is 4.74 Å². The second-order valence-corrected chi connectivity index (χ2v) is 3.69. The third kappa shape index (κ3) is 3.99. The highest BCUT2D eigenvalue weighted by Crippen LogP contribution is 2.43. The molecule has 1 aromatic rings. The first-order valence-corrected chi connectivity index (χ1v) is 4.71. The zero-order chi connectivity index (χ0) is 13.2. The lowest BCUT2D eigenvalue weighted by molar-refractivity contribution is -0.0532. The topological polar surface area (TPSA) is 9.23 Å². The van der Waals surface area contributed by atoms with Gasteiger partial charge in [-0.05, 0) is 23.9 Å². The van der Waals surface area contributed by atoms with Crippen molar-refractivity contribution in [1.82, 2.24) is 0 Å². The highest BCUT2D eigenvalue weighted by molar-refractivity contribution is 8.00. The van der Waals surface area contributed by atoms with Crippen LogP contribution in [0, 0.1) is 11.6 Å². The minimum atomic E-state index is -4.95. The van der Waals surface area contributed by atoms with Gasteiger partial charge in [0, 0.05) is 0 Å². The van der Waals surface area contributed by atoms with Crippen LogP contribution in [0.15, 0.2) is 17.0 Å².